The van der Waals surface area contributed by atoms with Gasteiger partial charge in [-0.25, -0.2) is 0 Å². The van der Waals surface area contributed by atoms with Crippen LogP contribution in [0.25, 0.3) is 10.9 Å². The number of aromatic nitrogens is 1. The Labute approximate surface area is 119 Å². The largest absolute Gasteiger partial charge is 0.343 e. The molecule has 0 saturated carbocycles. The van der Waals surface area contributed by atoms with Crippen molar-refractivity contribution in [1.29, 1.82) is 0 Å². The molecule has 1 heterocycles. The molecule has 2 heteroatoms. The summed E-state index contributed by atoms with van der Waals surface area (Å²) in [4.78, 5) is 0. The van der Waals surface area contributed by atoms with E-state index in [1.165, 1.54) is 33.2 Å². The van der Waals surface area contributed by atoms with Gasteiger partial charge in [0.25, 0.3) is 0 Å². The summed E-state index contributed by atoms with van der Waals surface area (Å²) in [5.41, 5.74) is 12.2. The molecule has 0 bridgehead atoms. The summed E-state index contributed by atoms with van der Waals surface area (Å²) in [7, 11) is 0. The maximum atomic E-state index is 5.69. The Kier molecular flexibility index (Phi) is 3.33. The van der Waals surface area contributed by atoms with Gasteiger partial charge in [-0.1, -0.05) is 36.4 Å². The highest BCUT2D eigenvalue weighted by Crippen LogP contribution is 2.22. The Morgan fingerprint density at radius 2 is 1.80 bits per heavy atom. The van der Waals surface area contributed by atoms with Gasteiger partial charge in [-0.05, 0) is 42.2 Å². The van der Waals surface area contributed by atoms with Gasteiger partial charge in [0.1, 0.15) is 0 Å². The van der Waals surface area contributed by atoms with Crippen molar-refractivity contribution in [2.75, 3.05) is 0 Å². The van der Waals surface area contributed by atoms with Crippen LogP contribution >= 0.6 is 0 Å². The fraction of sp³-hybridized carbons (Fsp3) is 0.222. The Balaban J connectivity index is 2.01. The molecule has 0 atom stereocenters. The molecule has 0 aliphatic heterocycles. The SMILES string of the molecule is Cc1cc(CN)ccc1Cn1cc(C)c2ccccc21. The van der Waals surface area contributed by atoms with Crippen molar-refractivity contribution in [3.63, 3.8) is 0 Å². The highest BCUT2D eigenvalue weighted by atomic mass is 15.0. The van der Waals surface area contributed by atoms with Crippen molar-refractivity contribution in [2.24, 2.45) is 5.73 Å². The molecular weight excluding hydrogens is 244 g/mol. The monoisotopic (exact) mass is 264 g/mol. The summed E-state index contributed by atoms with van der Waals surface area (Å²) in [6.07, 6.45) is 2.24. The second-order valence-electron chi connectivity index (χ2n) is 5.42. The smallest absolute Gasteiger partial charge is 0.0486 e. The zero-order valence-corrected chi connectivity index (χ0v) is 12.1. The van der Waals surface area contributed by atoms with Gasteiger partial charge in [0.15, 0.2) is 0 Å². The Morgan fingerprint density at radius 3 is 2.55 bits per heavy atom. The van der Waals surface area contributed by atoms with Gasteiger partial charge in [0, 0.05) is 30.2 Å². The van der Waals surface area contributed by atoms with Gasteiger partial charge < -0.3 is 10.3 Å². The number of hydrogen-bond donors (Lipinski definition) is 1. The molecule has 0 unspecified atom stereocenters. The summed E-state index contributed by atoms with van der Waals surface area (Å²) < 4.78 is 2.33. The number of para-hydroxylation sites is 1. The molecule has 0 radical (unpaired) electrons. The third-order valence-electron chi connectivity index (χ3n) is 3.97. The summed E-state index contributed by atoms with van der Waals surface area (Å²) in [6, 6.07) is 15.1. The maximum Gasteiger partial charge on any atom is 0.0486 e. The van der Waals surface area contributed by atoms with E-state index < -0.39 is 0 Å². The minimum atomic E-state index is 0.604. The molecule has 1 aromatic heterocycles. The van der Waals surface area contributed by atoms with Gasteiger partial charge in [0.05, 0.1) is 0 Å². The topological polar surface area (TPSA) is 30.9 Å². The van der Waals surface area contributed by atoms with Gasteiger partial charge in [-0.2, -0.15) is 0 Å². The molecule has 0 aliphatic carbocycles. The van der Waals surface area contributed by atoms with Crippen LogP contribution in [-0.2, 0) is 13.1 Å². The number of nitrogens with zero attached hydrogens (tertiary/aromatic N) is 1. The molecule has 0 aliphatic rings. The fourth-order valence-electron chi connectivity index (χ4n) is 2.81. The van der Waals surface area contributed by atoms with E-state index in [4.69, 9.17) is 5.73 Å². The van der Waals surface area contributed by atoms with E-state index in [1.807, 2.05) is 0 Å². The van der Waals surface area contributed by atoms with Gasteiger partial charge in [-0.15, -0.1) is 0 Å². The number of nitrogens with two attached hydrogens (primary N) is 1. The van der Waals surface area contributed by atoms with E-state index >= 15 is 0 Å². The summed E-state index contributed by atoms with van der Waals surface area (Å²) >= 11 is 0. The number of benzene rings is 2. The van der Waals surface area contributed by atoms with Crippen LogP contribution in [0.15, 0.2) is 48.7 Å². The molecule has 2 aromatic carbocycles. The maximum absolute atomic E-state index is 5.69. The lowest BCUT2D eigenvalue weighted by Crippen LogP contribution is -2.02. The van der Waals surface area contributed by atoms with E-state index in [0.717, 1.165) is 6.54 Å². The molecule has 2 nitrogen and oxygen atoms in total. The highest BCUT2D eigenvalue weighted by Gasteiger charge is 2.06. The second-order valence-corrected chi connectivity index (χ2v) is 5.42. The van der Waals surface area contributed by atoms with Crippen LogP contribution in [0.5, 0.6) is 0 Å². The number of aryl methyl sites for hydroxylation is 2. The third kappa shape index (κ3) is 2.23. The van der Waals surface area contributed by atoms with Crippen molar-refractivity contribution < 1.29 is 0 Å². The average Bonchev–Trinajstić information content (AvgIpc) is 2.78. The van der Waals surface area contributed by atoms with E-state index in [9.17, 15) is 0 Å². The second kappa shape index (κ2) is 5.14. The fourth-order valence-corrected chi connectivity index (χ4v) is 2.81. The van der Waals surface area contributed by atoms with Crippen LogP contribution in [0, 0.1) is 13.8 Å². The number of rotatable bonds is 3. The normalized spacial score (nSPS) is 11.2. The molecule has 102 valence electrons. The molecule has 0 fully saturated rings. The van der Waals surface area contributed by atoms with E-state index in [0.29, 0.717) is 6.54 Å². The zero-order chi connectivity index (χ0) is 14.1. The molecule has 3 rings (SSSR count). The van der Waals surface area contributed by atoms with Crippen LogP contribution in [0.3, 0.4) is 0 Å². The van der Waals surface area contributed by atoms with Gasteiger partial charge in [-0.3, -0.25) is 0 Å². The Bertz CT molecular complexity index is 753. The molecule has 3 aromatic rings. The molecule has 2 N–H and O–H groups in total. The Hall–Kier alpha value is -2.06. The Morgan fingerprint density at radius 1 is 1.00 bits per heavy atom. The van der Waals surface area contributed by atoms with Gasteiger partial charge in [0.2, 0.25) is 0 Å². The standard InChI is InChI=1S/C18H20N2/c1-13-9-15(10-19)7-8-16(13)12-20-11-14(2)17-5-3-4-6-18(17)20/h3-9,11H,10,12,19H2,1-2H3. The molecule has 0 spiro atoms. The summed E-state index contributed by atoms with van der Waals surface area (Å²) in [5.74, 6) is 0. The minimum absolute atomic E-state index is 0.604. The molecule has 0 saturated heterocycles. The zero-order valence-electron chi connectivity index (χ0n) is 12.1. The average molecular weight is 264 g/mol. The summed E-state index contributed by atoms with van der Waals surface area (Å²) in [5, 5.41) is 1.34. The molecule has 0 amide bonds. The van der Waals surface area contributed by atoms with Crippen molar-refractivity contribution in [1.82, 2.24) is 4.57 Å². The van der Waals surface area contributed by atoms with Crippen molar-refractivity contribution in [3.8, 4) is 0 Å². The minimum Gasteiger partial charge on any atom is -0.343 e. The first-order valence-electron chi connectivity index (χ1n) is 7.02. The quantitative estimate of drug-likeness (QED) is 0.767. The first-order chi connectivity index (χ1) is 9.69. The molecule has 20 heavy (non-hydrogen) atoms. The first kappa shape index (κ1) is 12.9. The van der Waals surface area contributed by atoms with E-state index in [1.54, 1.807) is 0 Å². The highest BCUT2D eigenvalue weighted by molar-refractivity contribution is 5.83. The van der Waals surface area contributed by atoms with Crippen molar-refractivity contribution in [2.45, 2.75) is 26.9 Å². The van der Waals surface area contributed by atoms with Crippen LogP contribution in [0.1, 0.15) is 22.3 Å². The molecular formula is C18H20N2. The number of fused-ring (bicyclic) bond motifs is 1. The number of hydrogen-bond acceptors (Lipinski definition) is 1. The van der Waals surface area contributed by atoms with Crippen molar-refractivity contribution >= 4 is 10.9 Å². The lowest BCUT2D eigenvalue weighted by molar-refractivity contribution is 0.826. The van der Waals surface area contributed by atoms with E-state index in [2.05, 4.69) is 67.1 Å². The van der Waals surface area contributed by atoms with Crippen LogP contribution in [0.4, 0.5) is 0 Å². The van der Waals surface area contributed by atoms with Gasteiger partial charge >= 0.3 is 0 Å². The first-order valence-corrected chi connectivity index (χ1v) is 7.02. The van der Waals surface area contributed by atoms with Crippen LogP contribution in [-0.4, -0.2) is 4.57 Å². The lowest BCUT2D eigenvalue weighted by atomic mass is 10.0. The van der Waals surface area contributed by atoms with Crippen LogP contribution in [0.2, 0.25) is 0 Å². The lowest BCUT2D eigenvalue weighted by Gasteiger charge is -2.10. The van der Waals surface area contributed by atoms with E-state index in [-0.39, 0.29) is 0 Å². The predicted molar refractivity (Wildman–Crippen MR) is 84.8 cm³/mol. The summed E-state index contributed by atoms with van der Waals surface area (Å²) in [6.45, 7) is 5.84. The van der Waals surface area contributed by atoms with Crippen molar-refractivity contribution in [3.05, 3.63) is 70.9 Å². The van der Waals surface area contributed by atoms with Crippen LogP contribution < -0.4 is 5.73 Å². The predicted octanol–water partition coefficient (Wildman–Crippen LogP) is 3.77. The third-order valence-corrected chi connectivity index (χ3v) is 3.97.